The summed E-state index contributed by atoms with van der Waals surface area (Å²) < 4.78 is 0. The molecule has 1 N–H and O–H groups in total. The molecule has 0 aliphatic carbocycles. The normalized spacial score (nSPS) is 8.46. The average Bonchev–Trinajstić information content (AvgIpc) is 2.16. The van der Waals surface area contributed by atoms with E-state index in [2.05, 4.69) is 4.98 Å². The number of nitrogens with zero attached hydrogens (tertiary/aromatic N) is 3. The zero-order valence-electron chi connectivity index (χ0n) is 6.35. The van der Waals surface area contributed by atoms with Gasteiger partial charge < -0.3 is 5.11 Å². The van der Waals surface area contributed by atoms with Gasteiger partial charge in [-0.1, -0.05) is 0 Å². The van der Waals surface area contributed by atoms with Crippen molar-refractivity contribution in [1.82, 2.24) is 4.98 Å². The molecule has 13 heavy (non-hydrogen) atoms. The lowest BCUT2D eigenvalue weighted by atomic mass is 10.2. The molecule has 1 aromatic heterocycles. The van der Waals surface area contributed by atoms with Gasteiger partial charge in [0.25, 0.3) is 0 Å². The molecular formula is C8H3N3O2. The van der Waals surface area contributed by atoms with Crippen molar-refractivity contribution < 1.29 is 9.90 Å². The molecule has 0 amide bonds. The molecule has 0 aliphatic heterocycles. The summed E-state index contributed by atoms with van der Waals surface area (Å²) in [7, 11) is 0. The number of hydrogen-bond donors (Lipinski definition) is 1. The minimum absolute atomic E-state index is 0.0727. The van der Waals surface area contributed by atoms with Crippen LogP contribution in [-0.2, 0) is 0 Å². The van der Waals surface area contributed by atoms with Crippen molar-refractivity contribution in [3.05, 3.63) is 29.1 Å². The Morgan fingerprint density at radius 3 is 2.08 bits per heavy atom. The van der Waals surface area contributed by atoms with Crippen molar-refractivity contribution in [2.24, 2.45) is 0 Å². The van der Waals surface area contributed by atoms with Gasteiger partial charge in [-0.3, -0.25) is 0 Å². The molecule has 5 heteroatoms. The molecule has 62 valence electrons. The number of hydrogen-bond acceptors (Lipinski definition) is 4. The molecule has 0 spiro atoms. The highest BCUT2D eigenvalue weighted by atomic mass is 16.4. The van der Waals surface area contributed by atoms with Crippen LogP contribution in [0.1, 0.15) is 21.7 Å². The standard InChI is InChI=1S/C8H3N3O2/c9-3-6-1-5(8(12)13)2-7(4-10)11-6/h1-2H,(H,12,13). The van der Waals surface area contributed by atoms with Crippen LogP contribution >= 0.6 is 0 Å². The van der Waals surface area contributed by atoms with Crippen LogP contribution in [0.25, 0.3) is 0 Å². The average molecular weight is 173 g/mol. The van der Waals surface area contributed by atoms with Gasteiger partial charge in [-0.15, -0.1) is 0 Å². The lowest BCUT2D eigenvalue weighted by Crippen LogP contribution is -2.00. The Bertz CT molecular complexity index is 407. The Kier molecular flexibility index (Phi) is 2.23. The van der Waals surface area contributed by atoms with E-state index in [-0.39, 0.29) is 17.0 Å². The minimum Gasteiger partial charge on any atom is -0.478 e. The van der Waals surface area contributed by atoms with Crippen LogP contribution in [0.4, 0.5) is 0 Å². The zero-order chi connectivity index (χ0) is 9.84. The van der Waals surface area contributed by atoms with Crippen molar-refractivity contribution in [2.45, 2.75) is 0 Å². The van der Waals surface area contributed by atoms with Crippen LogP contribution in [0.15, 0.2) is 12.1 Å². The second kappa shape index (κ2) is 3.33. The molecule has 1 aromatic rings. The SMILES string of the molecule is N#Cc1cc(C(=O)O)cc(C#N)n1. The summed E-state index contributed by atoms with van der Waals surface area (Å²) >= 11 is 0. The first-order chi connectivity index (χ1) is 6.17. The van der Waals surface area contributed by atoms with Crippen LogP contribution in [0.5, 0.6) is 0 Å². The lowest BCUT2D eigenvalue weighted by molar-refractivity contribution is 0.0696. The summed E-state index contributed by atoms with van der Waals surface area (Å²) in [5.41, 5.74) is -0.254. The first kappa shape index (κ1) is 8.69. The Morgan fingerprint density at radius 1 is 1.31 bits per heavy atom. The maximum atomic E-state index is 10.5. The summed E-state index contributed by atoms with van der Waals surface area (Å²) in [4.78, 5) is 14.1. The van der Waals surface area contributed by atoms with E-state index in [0.29, 0.717) is 0 Å². The summed E-state index contributed by atoms with van der Waals surface area (Å²) in [6, 6.07) is 5.57. The number of aromatic nitrogens is 1. The van der Waals surface area contributed by atoms with Gasteiger partial charge in [0.05, 0.1) is 5.56 Å². The summed E-state index contributed by atoms with van der Waals surface area (Å²) in [6.45, 7) is 0. The van der Waals surface area contributed by atoms with E-state index in [4.69, 9.17) is 15.6 Å². The maximum absolute atomic E-state index is 10.5. The molecule has 0 fully saturated rings. The number of pyridine rings is 1. The van der Waals surface area contributed by atoms with Gasteiger partial charge in [0.1, 0.15) is 23.5 Å². The third kappa shape index (κ3) is 1.79. The van der Waals surface area contributed by atoms with Crippen LogP contribution < -0.4 is 0 Å². The first-order valence-corrected chi connectivity index (χ1v) is 3.23. The van der Waals surface area contributed by atoms with E-state index in [1.54, 1.807) is 12.1 Å². The van der Waals surface area contributed by atoms with Crippen molar-refractivity contribution in [1.29, 1.82) is 10.5 Å². The van der Waals surface area contributed by atoms with Gasteiger partial charge in [-0.05, 0) is 12.1 Å². The quantitative estimate of drug-likeness (QED) is 0.667. The monoisotopic (exact) mass is 173 g/mol. The second-order valence-electron chi connectivity index (χ2n) is 2.16. The number of carbonyl (C=O) groups is 1. The van der Waals surface area contributed by atoms with Gasteiger partial charge in [0.2, 0.25) is 0 Å². The number of carboxylic acid groups (broad SMARTS) is 1. The zero-order valence-corrected chi connectivity index (χ0v) is 6.35. The number of rotatable bonds is 1. The van der Waals surface area contributed by atoms with E-state index < -0.39 is 5.97 Å². The second-order valence-corrected chi connectivity index (χ2v) is 2.16. The molecule has 0 radical (unpaired) electrons. The third-order valence-electron chi connectivity index (χ3n) is 1.30. The van der Waals surface area contributed by atoms with Crippen molar-refractivity contribution in [3.8, 4) is 12.1 Å². The lowest BCUT2D eigenvalue weighted by Gasteiger charge is -1.94. The predicted molar refractivity (Wildman–Crippen MR) is 40.6 cm³/mol. The van der Waals surface area contributed by atoms with Gasteiger partial charge in [-0.25, -0.2) is 9.78 Å². The fourth-order valence-corrected chi connectivity index (χ4v) is 0.769. The molecule has 1 rings (SSSR count). The Hall–Kier alpha value is -2.40. The van der Waals surface area contributed by atoms with Crippen LogP contribution in [0, 0.1) is 22.7 Å². The highest BCUT2D eigenvalue weighted by Crippen LogP contribution is 2.04. The summed E-state index contributed by atoms with van der Waals surface area (Å²) in [6.07, 6.45) is 0. The highest BCUT2D eigenvalue weighted by Gasteiger charge is 2.07. The highest BCUT2D eigenvalue weighted by molar-refractivity contribution is 5.88. The molecule has 0 saturated carbocycles. The fraction of sp³-hybridized carbons (Fsp3) is 0. The Labute approximate surface area is 73.5 Å². The van der Waals surface area contributed by atoms with Gasteiger partial charge in [0.15, 0.2) is 0 Å². The number of carboxylic acids is 1. The Balaban J connectivity index is 3.35. The van der Waals surface area contributed by atoms with Gasteiger partial charge in [-0.2, -0.15) is 10.5 Å². The van der Waals surface area contributed by atoms with Gasteiger partial charge in [0, 0.05) is 0 Å². The van der Waals surface area contributed by atoms with Crippen LogP contribution in [0.3, 0.4) is 0 Å². The van der Waals surface area contributed by atoms with Crippen molar-refractivity contribution in [2.75, 3.05) is 0 Å². The molecule has 1 heterocycles. The molecular weight excluding hydrogens is 170 g/mol. The van der Waals surface area contributed by atoms with E-state index in [1.165, 1.54) is 0 Å². The fourth-order valence-electron chi connectivity index (χ4n) is 0.769. The Morgan fingerprint density at radius 2 is 1.77 bits per heavy atom. The van der Waals surface area contributed by atoms with Crippen LogP contribution in [0.2, 0.25) is 0 Å². The van der Waals surface area contributed by atoms with E-state index in [0.717, 1.165) is 12.1 Å². The number of aromatic carboxylic acids is 1. The molecule has 0 aromatic carbocycles. The minimum atomic E-state index is -1.18. The van der Waals surface area contributed by atoms with E-state index in [9.17, 15) is 4.79 Å². The summed E-state index contributed by atoms with van der Waals surface area (Å²) in [5.74, 6) is -1.18. The maximum Gasteiger partial charge on any atom is 0.335 e. The van der Waals surface area contributed by atoms with Crippen molar-refractivity contribution >= 4 is 5.97 Å². The molecule has 0 unspecified atom stereocenters. The summed E-state index contributed by atoms with van der Waals surface area (Å²) in [5, 5.41) is 25.5. The molecule has 0 bridgehead atoms. The molecule has 0 saturated heterocycles. The smallest absolute Gasteiger partial charge is 0.335 e. The molecule has 5 nitrogen and oxygen atoms in total. The van der Waals surface area contributed by atoms with Crippen molar-refractivity contribution in [3.63, 3.8) is 0 Å². The molecule has 0 atom stereocenters. The number of nitriles is 2. The third-order valence-corrected chi connectivity index (χ3v) is 1.30. The van der Waals surface area contributed by atoms with E-state index >= 15 is 0 Å². The molecule has 0 aliphatic rings. The largest absolute Gasteiger partial charge is 0.478 e. The van der Waals surface area contributed by atoms with Gasteiger partial charge >= 0.3 is 5.97 Å². The van der Waals surface area contributed by atoms with E-state index in [1.807, 2.05) is 0 Å². The predicted octanol–water partition coefficient (Wildman–Crippen LogP) is 0.523. The topological polar surface area (TPSA) is 97.8 Å². The first-order valence-electron chi connectivity index (χ1n) is 3.23. The van der Waals surface area contributed by atoms with Crippen LogP contribution in [-0.4, -0.2) is 16.1 Å².